The molecule has 0 aromatic rings. The second-order valence-corrected chi connectivity index (χ2v) is 11.1. The maximum atomic E-state index is 11.9. The normalized spacial score (nSPS) is 13.7. The van der Waals surface area contributed by atoms with Crippen molar-refractivity contribution in [3.63, 3.8) is 0 Å². The van der Waals surface area contributed by atoms with E-state index < -0.39 is 7.82 Å². The average Bonchev–Trinajstić information content (AvgIpc) is 2.78. The van der Waals surface area contributed by atoms with Gasteiger partial charge in [-0.05, 0) is 6.42 Å². The van der Waals surface area contributed by atoms with E-state index in [0.717, 1.165) is 19.4 Å². The zero-order valence-corrected chi connectivity index (χ0v) is 23.3. The topological polar surface area (TPSA) is 94.1 Å². The summed E-state index contributed by atoms with van der Waals surface area (Å²) in [7, 11) is 0.958. The molecule has 0 N–H and O–H groups in total. The molecule has 0 heterocycles. The fraction of sp³-hybridized carbons (Fsp3) is 0.960. The number of nitrogens with zero attached hydrogens (tertiary/aromatic N) is 1. The molecule has 0 amide bonds. The third-order valence-corrected chi connectivity index (χ3v) is 6.93. The first-order valence-electron chi connectivity index (χ1n) is 13.3. The van der Waals surface area contributed by atoms with Gasteiger partial charge in [-0.3, -0.25) is 9.36 Å². The highest BCUT2D eigenvalue weighted by Crippen LogP contribution is 2.37. The quantitative estimate of drug-likeness (QED) is 0.0719. The summed E-state index contributed by atoms with van der Waals surface area (Å²) in [6.45, 7) is 4.33. The first-order valence-corrected chi connectivity index (χ1v) is 14.7. The number of hydrogen-bond donors (Lipinski definition) is 0. The lowest BCUT2D eigenvalue weighted by Gasteiger charge is -2.31. The second-order valence-electron chi connectivity index (χ2n) is 9.68. The van der Waals surface area contributed by atoms with Crippen molar-refractivity contribution in [3.05, 3.63) is 0 Å². The van der Waals surface area contributed by atoms with E-state index in [9.17, 15) is 14.3 Å². The summed E-state index contributed by atoms with van der Waals surface area (Å²) in [4.78, 5) is 23.0. The molecule has 0 bridgehead atoms. The predicted octanol–water partition coefficient (Wildman–Crippen LogP) is 5.24. The van der Waals surface area contributed by atoms with E-state index in [1.165, 1.54) is 71.3 Å². The third-order valence-electron chi connectivity index (χ3n) is 5.94. The fourth-order valence-electron chi connectivity index (χ4n) is 3.66. The Hall–Kier alpha value is -0.500. The maximum absolute atomic E-state index is 11.9. The molecule has 204 valence electrons. The lowest BCUT2D eigenvalue weighted by atomic mass is 10.1. The van der Waals surface area contributed by atoms with Gasteiger partial charge in [0.2, 0.25) is 0 Å². The summed E-state index contributed by atoms with van der Waals surface area (Å²) in [6.07, 6.45) is 16.6. The van der Waals surface area contributed by atoms with Crippen LogP contribution in [-0.2, 0) is 27.9 Å². The van der Waals surface area contributed by atoms with Gasteiger partial charge < -0.3 is 27.9 Å². The van der Waals surface area contributed by atoms with Gasteiger partial charge in [0, 0.05) is 13.0 Å². The third kappa shape index (κ3) is 23.3. The standard InChI is InChI=1S/C25H52NO7P/c1-5-6-7-8-9-10-11-12-13-14-15-16-21-31-23-24-33-34(28,29)32-22-20-26(2,3)19-17-18-25(27)30-4/h5-24H2,1-4H3. The molecule has 0 rings (SSSR count). The van der Waals surface area contributed by atoms with Crippen molar-refractivity contribution in [2.75, 3.05) is 60.7 Å². The number of esters is 1. The van der Waals surface area contributed by atoms with Crippen molar-refractivity contribution in [1.82, 2.24) is 0 Å². The van der Waals surface area contributed by atoms with Crippen LogP contribution in [0.15, 0.2) is 0 Å². The molecule has 0 aliphatic rings. The molecule has 34 heavy (non-hydrogen) atoms. The first kappa shape index (κ1) is 33.5. The largest absolute Gasteiger partial charge is 0.756 e. The van der Waals surface area contributed by atoms with Crippen molar-refractivity contribution >= 4 is 13.8 Å². The molecule has 0 fully saturated rings. The number of phosphoric acid groups is 1. The number of carbonyl (C=O) groups is 1. The van der Waals surface area contributed by atoms with E-state index in [2.05, 4.69) is 11.7 Å². The van der Waals surface area contributed by atoms with Crippen molar-refractivity contribution in [2.24, 2.45) is 0 Å². The number of rotatable bonds is 25. The monoisotopic (exact) mass is 509 g/mol. The molecule has 0 spiro atoms. The number of likely N-dealkylation sites (N-methyl/N-ethyl adjacent to an activating group) is 1. The highest BCUT2D eigenvalue weighted by atomic mass is 31.2. The summed E-state index contributed by atoms with van der Waals surface area (Å²) < 4.78 is 32.3. The van der Waals surface area contributed by atoms with Crippen molar-refractivity contribution in [1.29, 1.82) is 0 Å². The highest BCUT2D eigenvalue weighted by molar-refractivity contribution is 7.45. The molecule has 0 radical (unpaired) electrons. The van der Waals surface area contributed by atoms with Gasteiger partial charge in [0.1, 0.15) is 13.2 Å². The summed E-state index contributed by atoms with van der Waals surface area (Å²) in [5.41, 5.74) is 0. The summed E-state index contributed by atoms with van der Waals surface area (Å²) in [5, 5.41) is 0. The second kappa shape index (κ2) is 21.8. The van der Waals surface area contributed by atoms with Gasteiger partial charge in [0.05, 0.1) is 47.4 Å². The van der Waals surface area contributed by atoms with Gasteiger partial charge in [0.25, 0.3) is 7.82 Å². The molecule has 8 nitrogen and oxygen atoms in total. The van der Waals surface area contributed by atoms with Crippen LogP contribution in [0.5, 0.6) is 0 Å². The Kier molecular flexibility index (Phi) is 21.4. The minimum atomic E-state index is -4.33. The number of ether oxygens (including phenoxy) is 2. The SMILES string of the molecule is CCCCCCCCCCCCCCOCCOP(=O)([O-])OCC[N+](C)(C)CCCC(=O)OC. The summed E-state index contributed by atoms with van der Waals surface area (Å²) in [5.74, 6) is -0.241. The number of quaternary nitrogens is 1. The van der Waals surface area contributed by atoms with Crippen LogP contribution in [0.1, 0.15) is 96.8 Å². The number of unbranched alkanes of at least 4 members (excludes halogenated alkanes) is 11. The Morgan fingerprint density at radius 2 is 1.26 bits per heavy atom. The first-order chi connectivity index (χ1) is 16.2. The zero-order chi connectivity index (χ0) is 25.5. The molecule has 1 atom stereocenters. The molecular weight excluding hydrogens is 457 g/mol. The van der Waals surface area contributed by atoms with E-state index in [1.54, 1.807) is 0 Å². The Morgan fingerprint density at radius 1 is 0.735 bits per heavy atom. The molecule has 0 saturated carbocycles. The lowest BCUT2D eigenvalue weighted by molar-refractivity contribution is -0.890. The molecule has 0 saturated heterocycles. The van der Waals surface area contributed by atoms with E-state index in [1.807, 2.05) is 14.1 Å². The number of methoxy groups -OCH3 is 1. The van der Waals surface area contributed by atoms with Crippen LogP contribution in [0.4, 0.5) is 0 Å². The maximum Gasteiger partial charge on any atom is 0.305 e. The summed E-state index contributed by atoms with van der Waals surface area (Å²) >= 11 is 0. The van der Waals surface area contributed by atoms with Gasteiger partial charge in [-0.1, -0.05) is 77.6 Å². The number of phosphoric ester groups is 1. The van der Waals surface area contributed by atoms with Crippen LogP contribution in [0.2, 0.25) is 0 Å². The predicted molar refractivity (Wildman–Crippen MR) is 134 cm³/mol. The van der Waals surface area contributed by atoms with Crippen molar-refractivity contribution in [2.45, 2.75) is 96.8 Å². The van der Waals surface area contributed by atoms with Crippen LogP contribution < -0.4 is 4.89 Å². The molecule has 1 unspecified atom stereocenters. The average molecular weight is 510 g/mol. The van der Waals surface area contributed by atoms with Crippen LogP contribution in [0.25, 0.3) is 0 Å². The molecular formula is C25H52NO7P. The van der Waals surface area contributed by atoms with E-state index in [4.69, 9.17) is 13.8 Å². The van der Waals surface area contributed by atoms with Crippen LogP contribution >= 0.6 is 7.82 Å². The highest BCUT2D eigenvalue weighted by Gasteiger charge is 2.18. The minimum Gasteiger partial charge on any atom is -0.756 e. The van der Waals surface area contributed by atoms with Gasteiger partial charge >= 0.3 is 5.97 Å². The smallest absolute Gasteiger partial charge is 0.305 e. The van der Waals surface area contributed by atoms with E-state index in [-0.39, 0.29) is 25.8 Å². The summed E-state index contributed by atoms with van der Waals surface area (Å²) in [6, 6.07) is 0. The van der Waals surface area contributed by atoms with Gasteiger partial charge in [-0.2, -0.15) is 0 Å². The molecule has 9 heteroatoms. The van der Waals surface area contributed by atoms with Gasteiger partial charge in [-0.25, -0.2) is 0 Å². The Morgan fingerprint density at radius 3 is 1.82 bits per heavy atom. The molecule has 0 aromatic heterocycles. The van der Waals surface area contributed by atoms with Gasteiger partial charge in [0.15, 0.2) is 0 Å². The van der Waals surface area contributed by atoms with Crippen LogP contribution in [-0.4, -0.2) is 71.2 Å². The van der Waals surface area contributed by atoms with Crippen molar-refractivity contribution < 1.29 is 37.3 Å². The lowest BCUT2D eigenvalue weighted by Crippen LogP contribution is -2.43. The van der Waals surface area contributed by atoms with E-state index >= 15 is 0 Å². The number of carbonyl (C=O) groups excluding carboxylic acids is 1. The van der Waals surface area contributed by atoms with Crippen LogP contribution in [0.3, 0.4) is 0 Å². The molecule has 0 aliphatic heterocycles. The minimum absolute atomic E-state index is 0.0313. The van der Waals surface area contributed by atoms with Crippen LogP contribution in [0, 0.1) is 0 Å². The number of hydrogen-bond acceptors (Lipinski definition) is 7. The Labute approximate surface area is 208 Å². The fourth-order valence-corrected chi connectivity index (χ4v) is 4.34. The van der Waals surface area contributed by atoms with Gasteiger partial charge in [-0.15, -0.1) is 0 Å². The zero-order valence-electron chi connectivity index (χ0n) is 22.4. The Bertz CT molecular complexity index is 531. The molecule has 0 aliphatic carbocycles. The van der Waals surface area contributed by atoms with Crippen molar-refractivity contribution in [3.8, 4) is 0 Å². The Balaban J connectivity index is 3.53. The molecule has 0 aromatic carbocycles. The van der Waals surface area contributed by atoms with E-state index in [0.29, 0.717) is 30.5 Å².